The second-order valence-electron chi connectivity index (χ2n) is 5.79. The van der Waals surface area contributed by atoms with Crippen LogP contribution in [0.5, 0.6) is 11.5 Å². The van der Waals surface area contributed by atoms with E-state index in [1.54, 1.807) is 44.6 Å². The summed E-state index contributed by atoms with van der Waals surface area (Å²) in [5, 5.41) is 0.498. The molecule has 1 N–H and O–H groups in total. The van der Waals surface area contributed by atoms with E-state index in [9.17, 15) is 8.42 Å². The Balaban J connectivity index is 2.07. The summed E-state index contributed by atoms with van der Waals surface area (Å²) in [6, 6.07) is 12.0. The van der Waals surface area contributed by atoms with Crippen LogP contribution in [0, 0.1) is 0 Å². The molecule has 0 saturated heterocycles. The van der Waals surface area contributed by atoms with Gasteiger partial charge < -0.3 is 14.9 Å². The molecule has 0 aromatic heterocycles. The van der Waals surface area contributed by atoms with Crippen LogP contribution in [-0.2, 0) is 10.0 Å². The van der Waals surface area contributed by atoms with Crippen molar-refractivity contribution < 1.29 is 17.9 Å². The number of halogens is 1. The van der Waals surface area contributed by atoms with Crippen molar-refractivity contribution >= 4 is 27.3 Å². The largest absolute Gasteiger partial charge is 0.493 e. The maximum absolute atomic E-state index is 12.3. The van der Waals surface area contributed by atoms with Gasteiger partial charge in [0.25, 0.3) is 0 Å². The SMILES string of the molecule is COc1ccc(C2=CC(c3ccccc3Cl)N(S(C)(=O)=O)N2)cc1OC. The second-order valence-corrected chi connectivity index (χ2v) is 8.05. The number of methoxy groups -OCH3 is 2. The molecule has 6 nitrogen and oxygen atoms in total. The lowest BCUT2D eigenvalue weighted by atomic mass is 10.1. The number of nitrogens with zero attached hydrogens (tertiary/aromatic N) is 1. The quantitative estimate of drug-likeness (QED) is 0.843. The van der Waals surface area contributed by atoms with E-state index in [4.69, 9.17) is 21.1 Å². The molecule has 0 spiro atoms. The molecule has 0 aliphatic carbocycles. The van der Waals surface area contributed by atoms with Gasteiger partial charge in [0.15, 0.2) is 11.5 Å². The van der Waals surface area contributed by atoms with E-state index in [1.165, 1.54) is 4.41 Å². The Labute approximate surface area is 158 Å². The van der Waals surface area contributed by atoms with Gasteiger partial charge in [-0.2, -0.15) is 0 Å². The molecule has 8 heteroatoms. The zero-order chi connectivity index (χ0) is 18.9. The van der Waals surface area contributed by atoms with Crippen LogP contribution in [0.3, 0.4) is 0 Å². The number of rotatable bonds is 5. The third-order valence-corrected chi connectivity index (χ3v) is 5.46. The molecule has 0 amide bonds. The average Bonchev–Trinajstić information content (AvgIpc) is 3.07. The van der Waals surface area contributed by atoms with Gasteiger partial charge >= 0.3 is 0 Å². The molecule has 0 fully saturated rings. The molecule has 3 rings (SSSR count). The van der Waals surface area contributed by atoms with Crippen molar-refractivity contribution in [1.82, 2.24) is 9.84 Å². The Morgan fingerprint density at radius 3 is 2.38 bits per heavy atom. The van der Waals surface area contributed by atoms with E-state index < -0.39 is 16.1 Å². The van der Waals surface area contributed by atoms with Gasteiger partial charge in [-0.05, 0) is 35.9 Å². The van der Waals surface area contributed by atoms with Crippen LogP contribution in [0.25, 0.3) is 5.70 Å². The highest BCUT2D eigenvalue weighted by Gasteiger charge is 2.34. The van der Waals surface area contributed by atoms with Gasteiger partial charge in [-0.3, -0.25) is 0 Å². The van der Waals surface area contributed by atoms with Gasteiger partial charge in [0, 0.05) is 10.6 Å². The van der Waals surface area contributed by atoms with Gasteiger partial charge in [0.2, 0.25) is 10.0 Å². The van der Waals surface area contributed by atoms with Gasteiger partial charge in [0.05, 0.1) is 32.2 Å². The van der Waals surface area contributed by atoms with Crippen molar-refractivity contribution in [3.63, 3.8) is 0 Å². The van der Waals surface area contributed by atoms with Crippen molar-refractivity contribution in [2.45, 2.75) is 6.04 Å². The number of hydrogen-bond donors (Lipinski definition) is 1. The first kappa shape index (κ1) is 18.6. The molecule has 2 aromatic carbocycles. The third kappa shape index (κ3) is 3.51. The average molecular weight is 395 g/mol. The highest BCUT2D eigenvalue weighted by Crippen LogP contribution is 2.38. The predicted molar refractivity (Wildman–Crippen MR) is 102 cm³/mol. The number of nitrogens with one attached hydrogen (secondary N) is 1. The molecule has 0 saturated carbocycles. The third-order valence-electron chi connectivity index (χ3n) is 4.08. The zero-order valence-electron chi connectivity index (χ0n) is 14.6. The Hall–Kier alpha value is -2.22. The van der Waals surface area contributed by atoms with E-state index in [2.05, 4.69) is 5.43 Å². The Bertz CT molecular complexity index is 959. The van der Waals surface area contributed by atoms with Crippen LogP contribution in [0.2, 0.25) is 5.02 Å². The van der Waals surface area contributed by atoms with Crippen molar-refractivity contribution in [2.75, 3.05) is 20.5 Å². The molecule has 1 aliphatic rings. The Kier molecular flexibility index (Phi) is 5.13. The topological polar surface area (TPSA) is 67.9 Å². The van der Waals surface area contributed by atoms with E-state index >= 15 is 0 Å². The van der Waals surface area contributed by atoms with Crippen LogP contribution in [0.1, 0.15) is 17.2 Å². The molecule has 1 atom stereocenters. The number of benzene rings is 2. The van der Waals surface area contributed by atoms with Gasteiger partial charge in [-0.25, -0.2) is 8.42 Å². The molecule has 1 unspecified atom stereocenters. The summed E-state index contributed by atoms with van der Waals surface area (Å²) in [6.07, 6.45) is 2.97. The van der Waals surface area contributed by atoms with Crippen LogP contribution in [0.4, 0.5) is 0 Å². The number of hydrazine groups is 1. The Morgan fingerprint density at radius 1 is 1.08 bits per heavy atom. The smallest absolute Gasteiger partial charge is 0.228 e. The first-order valence-corrected chi connectivity index (χ1v) is 10.0. The lowest BCUT2D eigenvalue weighted by Crippen LogP contribution is -2.38. The molecule has 0 radical (unpaired) electrons. The summed E-state index contributed by atoms with van der Waals surface area (Å²) in [6.45, 7) is 0. The monoisotopic (exact) mass is 394 g/mol. The van der Waals surface area contributed by atoms with E-state index in [1.807, 2.05) is 18.2 Å². The summed E-state index contributed by atoms with van der Waals surface area (Å²) in [5.74, 6) is 1.15. The molecule has 0 bridgehead atoms. The predicted octanol–water partition coefficient (Wildman–Crippen LogP) is 3.22. The van der Waals surface area contributed by atoms with Crippen LogP contribution in [-0.4, -0.2) is 33.3 Å². The molecule has 1 aliphatic heterocycles. The minimum absolute atomic E-state index is 0.498. The number of hydrogen-bond acceptors (Lipinski definition) is 5. The highest BCUT2D eigenvalue weighted by atomic mass is 35.5. The first-order valence-electron chi connectivity index (χ1n) is 7.80. The number of sulfonamides is 1. The van der Waals surface area contributed by atoms with E-state index in [0.29, 0.717) is 27.8 Å². The standard InChI is InChI=1S/C18H19ClN2O4S/c1-24-17-9-8-12(10-18(17)25-2)15-11-16(21(20-15)26(3,22)23)13-6-4-5-7-14(13)19/h4-11,16,20H,1-3H3. The van der Waals surface area contributed by atoms with Crippen LogP contribution < -0.4 is 14.9 Å². The fraction of sp³-hybridized carbons (Fsp3) is 0.222. The molecule has 2 aromatic rings. The maximum atomic E-state index is 12.3. The lowest BCUT2D eigenvalue weighted by molar-refractivity contribution is 0.350. The fourth-order valence-electron chi connectivity index (χ4n) is 2.84. The molecular formula is C18H19ClN2O4S. The summed E-state index contributed by atoms with van der Waals surface area (Å²) < 4.78 is 36.3. The zero-order valence-corrected chi connectivity index (χ0v) is 16.1. The Morgan fingerprint density at radius 2 is 1.77 bits per heavy atom. The molecule has 138 valence electrons. The highest BCUT2D eigenvalue weighted by molar-refractivity contribution is 7.88. The van der Waals surface area contributed by atoms with Gasteiger partial charge in [-0.1, -0.05) is 29.8 Å². The lowest BCUT2D eigenvalue weighted by Gasteiger charge is -2.23. The molecular weight excluding hydrogens is 376 g/mol. The fourth-order valence-corrected chi connectivity index (χ4v) is 3.93. The summed E-state index contributed by atoms with van der Waals surface area (Å²) in [7, 11) is -0.422. The van der Waals surface area contributed by atoms with Crippen LogP contribution in [0.15, 0.2) is 48.5 Å². The van der Waals surface area contributed by atoms with Gasteiger partial charge in [0.1, 0.15) is 0 Å². The summed E-state index contributed by atoms with van der Waals surface area (Å²) >= 11 is 6.29. The summed E-state index contributed by atoms with van der Waals surface area (Å²) in [4.78, 5) is 0. The molecule has 26 heavy (non-hydrogen) atoms. The maximum Gasteiger partial charge on any atom is 0.228 e. The van der Waals surface area contributed by atoms with Crippen molar-refractivity contribution in [3.05, 3.63) is 64.7 Å². The van der Waals surface area contributed by atoms with Crippen molar-refractivity contribution in [3.8, 4) is 11.5 Å². The minimum Gasteiger partial charge on any atom is -0.493 e. The minimum atomic E-state index is -3.53. The van der Waals surface area contributed by atoms with E-state index in [0.717, 1.165) is 11.8 Å². The van der Waals surface area contributed by atoms with Gasteiger partial charge in [-0.15, -0.1) is 4.41 Å². The molecule has 1 heterocycles. The summed E-state index contributed by atoms with van der Waals surface area (Å²) in [5.41, 5.74) is 5.07. The second kappa shape index (κ2) is 7.19. The number of ether oxygens (including phenoxy) is 2. The van der Waals surface area contributed by atoms with E-state index in [-0.39, 0.29) is 0 Å². The first-order chi connectivity index (χ1) is 12.3. The normalized spacial score (nSPS) is 17.5. The van der Waals surface area contributed by atoms with Crippen molar-refractivity contribution in [2.24, 2.45) is 0 Å². The van der Waals surface area contributed by atoms with Crippen molar-refractivity contribution in [1.29, 1.82) is 0 Å². The van der Waals surface area contributed by atoms with Crippen LogP contribution >= 0.6 is 11.6 Å².